The molecule has 124 valence electrons. The van der Waals surface area contributed by atoms with E-state index in [0.29, 0.717) is 18.5 Å². The maximum Gasteiger partial charge on any atom is 0.251 e. The molecule has 3 heterocycles. The van der Waals surface area contributed by atoms with Crippen molar-refractivity contribution < 1.29 is 4.79 Å². The highest BCUT2D eigenvalue weighted by Crippen LogP contribution is 2.09. The van der Waals surface area contributed by atoms with Gasteiger partial charge in [0.05, 0.1) is 11.4 Å². The second kappa shape index (κ2) is 6.52. The lowest BCUT2D eigenvalue weighted by atomic mass is 10.2. The fraction of sp³-hybridized carbons (Fsp3) is 0.118. The summed E-state index contributed by atoms with van der Waals surface area (Å²) in [6, 6.07) is 13.0. The molecule has 1 aromatic carbocycles. The van der Waals surface area contributed by atoms with Gasteiger partial charge in [-0.05, 0) is 40.8 Å². The Morgan fingerprint density at radius 1 is 1.16 bits per heavy atom. The number of carbonyl (C=O) groups is 1. The molecule has 8 heteroatoms. The van der Waals surface area contributed by atoms with Gasteiger partial charge in [-0.3, -0.25) is 4.79 Å². The Morgan fingerprint density at radius 3 is 2.96 bits per heavy atom. The average molecular weight is 333 g/mol. The number of rotatable bonds is 5. The first kappa shape index (κ1) is 15.0. The van der Waals surface area contributed by atoms with Gasteiger partial charge in [0.25, 0.3) is 5.91 Å². The molecule has 0 aliphatic rings. The summed E-state index contributed by atoms with van der Waals surface area (Å²) in [6.07, 6.45) is 6.08. The lowest BCUT2D eigenvalue weighted by Crippen LogP contribution is -2.25. The molecule has 0 bridgehead atoms. The van der Waals surface area contributed by atoms with Gasteiger partial charge in [-0.2, -0.15) is 0 Å². The third-order valence-electron chi connectivity index (χ3n) is 3.80. The lowest BCUT2D eigenvalue weighted by Gasteiger charge is -2.06. The van der Waals surface area contributed by atoms with E-state index in [1.54, 1.807) is 18.2 Å². The van der Waals surface area contributed by atoms with Gasteiger partial charge in [-0.15, -0.1) is 5.10 Å². The fourth-order valence-electron chi connectivity index (χ4n) is 2.58. The number of fused-ring (bicyclic) bond motifs is 1. The van der Waals surface area contributed by atoms with E-state index in [-0.39, 0.29) is 5.91 Å². The van der Waals surface area contributed by atoms with Crippen molar-refractivity contribution in [1.29, 1.82) is 0 Å². The van der Waals surface area contributed by atoms with E-state index in [9.17, 15) is 4.79 Å². The molecule has 0 aliphatic carbocycles. The van der Waals surface area contributed by atoms with Crippen LogP contribution >= 0.6 is 0 Å². The molecule has 25 heavy (non-hydrogen) atoms. The highest BCUT2D eigenvalue weighted by Gasteiger charge is 2.08. The molecule has 0 radical (unpaired) electrons. The summed E-state index contributed by atoms with van der Waals surface area (Å²) in [4.78, 5) is 16.8. The van der Waals surface area contributed by atoms with E-state index < -0.39 is 0 Å². The van der Waals surface area contributed by atoms with Crippen LogP contribution in [-0.4, -0.2) is 42.0 Å². The first-order chi connectivity index (χ1) is 12.3. The van der Waals surface area contributed by atoms with E-state index >= 15 is 0 Å². The molecule has 4 rings (SSSR count). The van der Waals surface area contributed by atoms with Crippen LogP contribution in [0.5, 0.6) is 0 Å². The molecule has 4 aromatic rings. The molecular weight excluding hydrogens is 318 g/mol. The van der Waals surface area contributed by atoms with E-state index in [1.807, 2.05) is 41.1 Å². The maximum atomic E-state index is 12.3. The molecule has 0 saturated heterocycles. The zero-order chi connectivity index (χ0) is 17.1. The molecule has 0 spiro atoms. The van der Waals surface area contributed by atoms with E-state index in [4.69, 9.17) is 0 Å². The number of nitrogens with one attached hydrogen (secondary N) is 1. The molecule has 0 atom stereocenters. The third kappa shape index (κ3) is 3.23. The molecule has 0 unspecified atom stereocenters. The van der Waals surface area contributed by atoms with Crippen LogP contribution in [0.2, 0.25) is 0 Å². The van der Waals surface area contributed by atoms with Gasteiger partial charge in [-0.25, -0.2) is 9.67 Å². The predicted octanol–water partition coefficient (Wildman–Crippen LogP) is 1.28. The summed E-state index contributed by atoms with van der Waals surface area (Å²) >= 11 is 0. The van der Waals surface area contributed by atoms with Gasteiger partial charge < -0.3 is 9.72 Å². The highest BCUT2D eigenvalue weighted by atomic mass is 16.1. The van der Waals surface area contributed by atoms with Crippen molar-refractivity contribution in [2.75, 3.05) is 6.54 Å². The summed E-state index contributed by atoms with van der Waals surface area (Å²) in [6.45, 7) is 0.512. The molecule has 0 saturated carbocycles. The topological polar surface area (TPSA) is 90.0 Å². The molecule has 1 N–H and O–H groups in total. The Morgan fingerprint density at radius 2 is 2.12 bits per heavy atom. The minimum Gasteiger partial charge on any atom is -0.352 e. The number of hydrogen-bond donors (Lipinski definition) is 1. The van der Waals surface area contributed by atoms with Gasteiger partial charge in [0.1, 0.15) is 12.0 Å². The van der Waals surface area contributed by atoms with Crippen molar-refractivity contribution in [3.8, 4) is 5.69 Å². The summed E-state index contributed by atoms with van der Waals surface area (Å²) in [7, 11) is 0. The van der Waals surface area contributed by atoms with Crippen molar-refractivity contribution in [2.45, 2.75) is 6.42 Å². The normalized spacial score (nSPS) is 10.9. The standard InChI is InChI=1S/C17H15N7O/c25-17(13-4-3-5-15(10-13)24-12-19-21-22-24)18-8-7-14-11-23-9-2-1-6-16(23)20-14/h1-6,9-12H,7-8H2,(H,18,25). The summed E-state index contributed by atoms with van der Waals surface area (Å²) in [5.41, 5.74) is 3.13. The maximum absolute atomic E-state index is 12.3. The molecule has 0 aliphatic heterocycles. The zero-order valence-electron chi connectivity index (χ0n) is 13.3. The number of benzene rings is 1. The van der Waals surface area contributed by atoms with Crippen LogP contribution < -0.4 is 5.32 Å². The van der Waals surface area contributed by atoms with Crippen LogP contribution in [0.3, 0.4) is 0 Å². The van der Waals surface area contributed by atoms with Crippen LogP contribution in [0.25, 0.3) is 11.3 Å². The minimum atomic E-state index is -0.140. The molecular formula is C17H15N7O. The van der Waals surface area contributed by atoms with Crippen LogP contribution in [-0.2, 0) is 6.42 Å². The number of carbonyl (C=O) groups excluding carboxylic acids is 1. The Hall–Kier alpha value is -3.55. The first-order valence-corrected chi connectivity index (χ1v) is 7.84. The van der Waals surface area contributed by atoms with Gasteiger partial charge in [0.2, 0.25) is 0 Å². The molecule has 0 fully saturated rings. The van der Waals surface area contributed by atoms with E-state index in [2.05, 4.69) is 25.8 Å². The highest BCUT2D eigenvalue weighted by molar-refractivity contribution is 5.94. The summed E-state index contributed by atoms with van der Waals surface area (Å²) < 4.78 is 3.47. The number of amides is 1. The Balaban J connectivity index is 1.39. The number of nitrogens with zero attached hydrogens (tertiary/aromatic N) is 6. The van der Waals surface area contributed by atoms with Gasteiger partial charge in [0.15, 0.2) is 0 Å². The predicted molar refractivity (Wildman–Crippen MR) is 90.4 cm³/mol. The number of hydrogen-bond acceptors (Lipinski definition) is 5. The monoisotopic (exact) mass is 333 g/mol. The average Bonchev–Trinajstić information content (AvgIpc) is 3.31. The van der Waals surface area contributed by atoms with Crippen molar-refractivity contribution in [3.63, 3.8) is 0 Å². The molecule has 1 amide bonds. The largest absolute Gasteiger partial charge is 0.352 e. The second-order valence-electron chi connectivity index (χ2n) is 5.51. The second-order valence-corrected chi connectivity index (χ2v) is 5.51. The smallest absolute Gasteiger partial charge is 0.251 e. The number of pyridine rings is 1. The molecule has 8 nitrogen and oxygen atoms in total. The van der Waals surface area contributed by atoms with Gasteiger partial charge in [0, 0.05) is 30.9 Å². The van der Waals surface area contributed by atoms with Crippen molar-refractivity contribution >= 4 is 11.6 Å². The van der Waals surface area contributed by atoms with E-state index in [0.717, 1.165) is 17.0 Å². The van der Waals surface area contributed by atoms with Gasteiger partial charge >= 0.3 is 0 Å². The first-order valence-electron chi connectivity index (χ1n) is 7.84. The van der Waals surface area contributed by atoms with E-state index in [1.165, 1.54) is 11.0 Å². The fourth-order valence-corrected chi connectivity index (χ4v) is 2.58. The lowest BCUT2D eigenvalue weighted by molar-refractivity contribution is 0.0954. The van der Waals surface area contributed by atoms with Crippen LogP contribution in [0.4, 0.5) is 0 Å². The van der Waals surface area contributed by atoms with Crippen molar-refractivity contribution in [2.24, 2.45) is 0 Å². The summed E-state index contributed by atoms with van der Waals surface area (Å²) in [5.74, 6) is -0.140. The van der Waals surface area contributed by atoms with Gasteiger partial charge in [-0.1, -0.05) is 12.1 Å². The van der Waals surface area contributed by atoms with Crippen LogP contribution in [0.15, 0.2) is 61.2 Å². The Bertz CT molecular complexity index is 974. The SMILES string of the molecule is O=C(NCCc1cn2ccccc2n1)c1cccc(-n2cnnn2)c1. The van der Waals surface area contributed by atoms with Crippen molar-refractivity contribution in [3.05, 3.63) is 72.4 Å². The number of aromatic nitrogens is 6. The summed E-state index contributed by atoms with van der Waals surface area (Å²) in [5, 5.41) is 13.9. The van der Waals surface area contributed by atoms with Crippen LogP contribution in [0, 0.1) is 0 Å². The van der Waals surface area contributed by atoms with Crippen molar-refractivity contribution in [1.82, 2.24) is 34.9 Å². The molecule has 3 aromatic heterocycles. The minimum absolute atomic E-state index is 0.140. The quantitative estimate of drug-likeness (QED) is 0.594. The third-order valence-corrected chi connectivity index (χ3v) is 3.80. The number of tetrazole rings is 1. The zero-order valence-corrected chi connectivity index (χ0v) is 13.3. The Labute approximate surface area is 143 Å². The Kier molecular flexibility index (Phi) is 3.91. The van der Waals surface area contributed by atoms with Crippen LogP contribution in [0.1, 0.15) is 16.1 Å². The number of imidazole rings is 1.